The van der Waals surface area contributed by atoms with Crippen molar-refractivity contribution >= 4 is 23.3 Å². The lowest BCUT2D eigenvalue weighted by Crippen LogP contribution is -2.20. The van der Waals surface area contributed by atoms with Crippen LogP contribution in [0, 0.1) is 11.2 Å². The predicted octanol–water partition coefficient (Wildman–Crippen LogP) is 2.79. The number of amidine groups is 1. The number of aromatic nitrogens is 1. The number of nitrogen functional groups attached to an aromatic ring is 1. The van der Waals surface area contributed by atoms with Gasteiger partial charge in [0, 0.05) is 25.4 Å². The molecule has 0 aliphatic carbocycles. The number of nitrogens with zero attached hydrogens (tertiary/aromatic N) is 2. The van der Waals surface area contributed by atoms with Crippen molar-refractivity contribution in [2.24, 2.45) is 5.73 Å². The molecule has 104 valence electrons. The highest BCUT2D eigenvalue weighted by Gasteiger charge is 2.13. The van der Waals surface area contributed by atoms with Gasteiger partial charge in [0.2, 0.25) is 0 Å². The number of anilines is 1. The van der Waals surface area contributed by atoms with Crippen molar-refractivity contribution in [2.45, 2.75) is 6.54 Å². The van der Waals surface area contributed by atoms with Crippen LogP contribution < -0.4 is 10.6 Å². The largest absolute Gasteiger partial charge is 0.384 e. The van der Waals surface area contributed by atoms with E-state index in [-0.39, 0.29) is 11.7 Å². The maximum atomic E-state index is 12.9. The Balaban J connectivity index is 2.25. The van der Waals surface area contributed by atoms with Crippen LogP contribution in [0.5, 0.6) is 0 Å². The molecule has 2 rings (SSSR count). The van der Waals surface area contributed by atoms with Crippen LogP contribution in [0.4, 0.5) is 10.2 Å². The lowest BCUT2D eigenvalue weighted by Gasteiger charge is -2.20. The number of hydrogen-bond acceptors (Lipinski definition) is 3. The van der Waals surface area contributed by atoms with E-state index < -0.39 is 0 Å². The molecule has 3 N–H and O–H groups in total. The maximum Gasteiger partial charge on any atom is 0.148 e. The molecule has 2 aromatic rings. The average molecular weight is 293 g/mol. The third-order valence-corrected chi connectivity index (χ3v) is 3.23. The van der Waals surface area contributed by atoms with Crippen LogP contribution in [-0.4, -0.2) is 17.9 Å². The molecule has 1 heterocycles. The van der Waals surface area contributed by atoms with Crippen LogP contribution in [0.25, 0.3) is 0 Å². The monoisotopic (exact) mass is 292 g/mol. The van der Waals surface area contributed by atoms with E-state index in [1.165, 1.54) is 12.1 Å². The maximum absolute atomic E-state index is 12.9. The van der Waals surface area contributed by atoms with E-state index >= 15 is 0 Å². The second kappa shape index (κ2) is 5.88. The second-order valence-corrected chi connectivity index (χ2v) is 4.77. The first kappa shape index (κ1) is 14.3. The predicted molar refractivity (Wildman–Crippen MR) is 78.8 cm³/mol. The summed E-state index contributed by atoms with van der Waals surface area (Å²) in [5.41, 5.74) is 6.84. The first-order chi connectivity index (χ1) is 9.49. The summed E-state index contributed by atoms with van der Waals surface area (Å²) in [7, 11) is 1.82. The van der Waals surface area contributed by atoms with Crippen molar-refractivity contribution in [2.75, 3.05) is 11.9 Å². The number of rotatable bonds is 4. The Morgan fingerprint density at radius 1 is 1.35 bits per heavy atom. The Bertz CT molecular complexity index is 628. The Hall–Kier alpha value is -2.14. The lowest BCUT2D eigenvalue weighted by atomic mass is 10.2. The molecule has 0 radical (unpaired) electrons. The number of nitrogens with one attached hydrogen (secondary N) is 1. The molecule has 0 aliphatic heterocycles. The third-order valence-electron chi connectivity index (χ3n) is 2.86. The molecule has 0 unspecified atom stereocenters. The molecule has 0 bridgehead atoms. The molecule has 20 heavy (non-hydrogen) atoms. The number of halogens is 2. The summed E-state index contributed by atoms with van der Waals surface area (Å²) < 4.78 is 12.9. The van der Waals surface area contributed by atoms with Crippen molar-refractivity contribution in [3.63, 3.8) is 0 Å². The van der Waals surface area contributed by atoms with Crippen molar-refractivity contribution in [3.8, 4) is 0 Å². The summed E-state index contributed by atoms with van der Waals surface area (Å²) in [6, 6.07) is 7.82. The van der Waals surface area contributed by atoms with E-state index in [9.17, 15) is 4.39 Å². The van der Waals surface area contributed by atoms with Crippen LogP contribution in [0.1, 0.15) is 11.1 Å². The Morgan fingerprint density at radius 2 is 2.00 bits per heavy atom. The minimum Gasteiger partial charge on any atom is -0.384 e. The first-order valence-corrected chi connectivity index (χ1v) is 6.31. The molecule has 0 aliphatic rings. The van der Waals surface area contributed by atoms with Crippen molar-refractivity contribution < 1.29 is 4.39 Å². The van der Waals surface area contributed by atoms with Crippen molar-refractivity contribution in [1.29, 1.82) is 5.41 Å². The topological polar surface area (TPSA) is 66.0 Å². The second-order valence-electron chi connectivity index (χ2n) is 4.39. The molecule has 1 aromatic carbocycles. The molecule has 0 amide bonds. The third kappa shape index (κ3) is 3.05. The zero-order valence-electron chi connectivity index (χ0n) is 10.9. The van der Waals surface area contributed by atoms with Crippen LogP contribution in [0.2, 0.25) is 5.02 Å². The van der Waals surface area contributed by atoms with Gasteiger partial charge < -0.3 is 10.6 Å². The van der Waals surface area contributed by atoms with Gasteiger partial charge in [-0.1, -0.05) is 23.7 Å². The molecule has 4 nitrogen and oxygen atoms in total. The molecule has 0 spiro atoms. The van der Waals surface area contributed by atoms with Gasteiger partial charge in [-0.15, -0.1) is 0 Å². The highest BCUT2D eigenvalue weighted by molar-refractivity contribution is 6.36. The average Bonchev–Trinajstić information content (AvgIpc) is 2.41. The van der Waals surface area contributed by atoms with E-state index in [2.05, 4.69) is 4.98 Å². The molecular formula is C14H14ClFN4. The van der Waals surface area contributed by atoms with Gasteiger partial charge in [0.05, 0.1) is 5.02 Å². The summed E-state index contributed by atoms with van der Waals surface area (Å²) in [4.78, 5) is 6.02. The fourth-order valence-corrected chi connectivity index (χ4v) is 2.20. The Morgan fingerprint density at radius 3 is 2.60 bits per heavy atom. The van der Waals surface area contributed by atoms with Crippen molar-refractivity contribution in [1.82, 2.24) is 4.98 Å². The Labute approximate surface area is 121 Å². The highest BCUT2D eigenvalue weighted by Crippen LogP contribution is 2.26. The minimum atomic E-state index is -0.272. The van der Waals surface area contributed by atoms with E-state index in [0.717, 1.165) is 5.56 Å². The summed E-state index contributed by atoms with van der Waals surface area (Å²) >= 11 is 6.21. The van der Waals surface area contributed by atoms with Gasteiger partial charge in [-0.2, -0.15) is 0 Å². The zero-order valence-corrected chi connectivity index (χ0v) is 11.7. The van der Waals surface area contributed by atoms with Gasteiger partial charge in [-0.3, -0.25) is 5.41 Å². The smallest absolute Gasteiger partial charge is 0.148 e. The fourth-order valence-electron chi connectivity index (χ4n) is 1.85. The molecule has 0 atom stereocenters. The van der Waals surface area contributed by atoms with Crippen LogP contribution >= 0.6 is 11.6 Å². The molecule has 6 heteroatoms. The normalized spacial score (nSPS) is 10.3. The number of nitrogens with two attached hydrogens (primary N) is 1. The first-order valence-electron chi connectivity index (χ1n) is 5.93. The lowest BCUT2D eigenvalue weighted by molar-refractivity contribution is 0.627. The molecule has 0 saturated heterocycles. The molecule has 0 saturated carbocycles. The molecular weight excluding hydrogens is 279 g/mol. The molecule has 0 fully saturated rings. The van der Waals surface area contributed by atoms with Gasteiger partial charge >= 0.3 is 0 Å². The highest BCUT2D eigenvalue weighted by atomic mass is 35.5. The summed E-state index contributed by atoms with van der Waals surface area (Å²) in [5.74, 6) is 0.156. The van der Waals surface area contributed by atoms with Gasteiger partial charge in [0.1, 0.15) is 17.5 Å². The van der Waals surface area contributed by atoms with E-state index in [1.807, 2.05) is 11.9 Å². The van der Waals surface area contributed by atoms with Crippen LogP contribution in [0.3, 0.4) is 0 Å². The Kier molecular flexibility index (Phi) is 4.20. The van der Waals surface area contributed by atoms with Crippen molar-refractivity contribution in [3.05, 3.63) is 58.5 Å². The standard InChI is InChI=1S/C14H14ClFN4/c1-20(8-9-2-4-10(16)5-3-9)14-12(15)11(13(17)18)6-7-19-14/h2-7H,8H2,1H3,(H3,17,18). The van der Waals surface area contributed by atoms with E-state index in [0.29, 0.717) is 22.9 Å². The number of benzene rings is 1. The van der Waals surface area contributed by atoms with Crippen LogP contribution in [-0.2, 0) is 6.54 Å². The number of pyridine rings is 1. The quantitative estimate of drug-likeness (QED) is 0.673. The van der Waals surface area contributed by atoms with E-state index in [4.69, 9.17) is 22.7 Å². The van der Waals surface area contributed by atoms with Gasteiger partial charge in [-0.05, 0) is 23.8 Å². The fraction of sp³-hybridized carbons (Fsp3) is 0.143. The van der Waals surface area contributed by atoms with Crippen LogP contribution in [0.15, 0.2) is 36.5 Å². The van der Waals surface area contributed by atoms with E-state index in [1.54, 1.807) is 24.4 Å². The van der Waals surface area contributed by atoms with Gasteiger partial charge in [0.25, 0.3) is 0 Å². The SMILES string of the molecule is CN(Cc1ccc(F)cc1)c1nccc(C(=N)N)c1Cl. The summed E-state index contributed by atoms with van der Waals surface area (Å²) in [5, 5.41) is 7.80. The minimum absolute atomic E-state index is 0.103. The summed E-state index contributed by atoms with van der Waals surface area (Å²) in [6.45, 7) is 0.522. The zero-order chi connectivity index (χ0) is 14.7. The summed E-state index contributed by atoms with van der Waals surface area (Å²) in [6.07, 6.45) is 1.55. The number of hydrogen-bond donors (Lipinski definition) is 2. The molecule has 1 aromatic heterocycles. The van der Waals surface area contributed by atoms with Gasteiger partial charge in [-0.25, -0.2) is 9.37 Å². The van der Waals surface area contributed by atoms with Gasteiger partial charge in [0.15, 0.2) is 0 Å².